The van der Waals surface area contributed by atoms with Crippen LogP contribution in [-0.4, -0.2) is 45.9 Å². The molecule has 4 atom stereocenters. The highest BCUT2D eigenvalue weighted by atomic mass is 16.5. The number of carboxylic acids is 1. The summed E-state index contributed by atoms with van der Waals surface area (Å²) in [5.41, 5.74) is -0.435. The van der Waals surface area contributed by atoms with E-state index in [9.17, 15) is 24.9 Å². The summed E-state index contributed by atoms with van der Waals surface area (Å²) in [6.45, 7) is 1.78. The van der Waals surface area contributed by atoms with Crippen LogP contribution in [0.3, 0.4) is 0 Å². The highest BCUT2D eigenvalue weighted by Gasteiger charge is 2.64. The molecular weight excluding hydrogens is 470 g/mol. The van der Waals surface area contributed by atoms with Crippen molar-refractivity contribution in [3.8, 4) is 35.2 Å². The number of aliphatic imine (C=N–C) groups is 1. The van der Waals surface area contributed by atoms with E-state index in [0.29, 0.717) is 27.7 Å². The number of aromatic hydroxyl groups is 2. The number of benzene rings is 2. The van der Waals surface area contributed by atoms with Crippen molar-refractivity contribution in [2.75, 3.05) is 7.11 Å². The van der Waals surface area contributed by atoms with Crippen molar-refractivity contribution in [3.63, 3.8) is 0 Å². The lowest BCUT2D eigenvalue weighted by atomic mass is 9.51. The van der Waals surface area contributed by atoms with Crippen LogP contribution in [-0.2, 0) is 9.53 Å². The van der Waals surface area contributed by atoms with Gasteiger partial charge in [-0.25, -0.2) is 0 Å². The highest BCUT2D eigenvalue weighted by molar-refractivity contribution is 6.25. The third-order valence-corrected chi connectivity index (χ3v) is 7.76. The van der Waals surface area contributed by atoms with Gasteiger partial charge in [0.15, 0.2) is 5.78 Å². The summed E-state index contributed by atoms with van der Waals surface area (Å²) in [6, 6.07) is 5.77. The van der Waals surface area contributed by atoms with Crippen LogP contribution in [0.15, 0.2) is 64.4 Å². The topological polar surface area (TPSA) is 116 Å². The van der Waals surface area contributed by atoms with Gasteiger partial charge in [0.2, 0.25) is 0 Å². The third-order valence-electron chi connectivity index (χ3n) is 7.76. The van der Waals surface area contributed by atoms with Crippen molar-refractivity contribution in [2.24, 2.45) is 22.2 Å². The maximum atomic E-state index is 13.7. The number of aliphatic carboxylic acids is 1. The number of hydrogen-bond acceptors (Lipinski definition) is 6. The first-order valence-electron chi connectivity index (χ1n) is 11.8. The summed E-state index contributed by atoms with van der Waals surface area (Å²) in [5.74, 6) is 8.18. The molecule has 2 aromatic rings. The lowest BCUT2D eigenvalue weighted by Crippen LogP contribution is -2.57. The molecule has 0 saturated carbocycles. The molecule has 7 nitrogen and oxygen atoms in total. The Kier molecular flexibility index (Phi) is 4.83. The number of carboxylic acid groups (broad SMARTS) is 1. The van der Waals surface area contributed by atoms with Crippen LogP contribution in [0.5, 0.6) is 11.5 Å². The molecule has 182 valence electrons. The Labute approximate surface area is 212 Å². The summed E-state index contributed by atoms with van der Waals surface area (Å²) < 4.78 is 5.65. The van der Waals surface area contributed by atoms with E-state index in [4.69, 9.17) is 9.73 Å². The van der Waals surface area contributed by atoms with Gasteiger partial charge in [0, 0.05) is 23.1 Å². The van der Waals surface area contributed by atoms with Crippen molar-refractivity contribution in [1.29, 1.82) is 0 Å². The average Bonchev–Trinajstić information content (AvgIpc) is 2.88. The number of ketones is 1. The fourth-order valence-corrected chi connectivity index (χ4v) is 6.32. The summed E-state index contributed by atoms with van der Waals surface area (Å²) in [6.07, 6.45) is 4.63. The van der Waals surface area contributed by atoms with E-state index in [2.05, 4.69) is 23.7 Å². The second-order valence-corrected chi connectivity index (χ2v) is 9.45. The zero-order valence-corrected chi connectivity index (χ0v) is 20.0. The zero-order valence-electron chi connectivity index (χ0n) is 20.0. The van der Waals surface area contributed by atoms with Crippen molar-refractivity contribution >= 4 is 28.2 Å². The number of fused-ring (bicyclic) bond motifs is 4. The van der Waals surface area contributed by atoms with E-state index in [1.165, 1.54) is 7.11 Å². The Bertz CT molecular complexity index is 1700. The van der Waals surface area contributed by atoms with Crippen molar-refractivity contribution in [1.82, 2.24) is 0 Å². The number of allylic oxidation sites excluding steroid dienone is 5. The Morgan fingerprint density at radius 3 is 2.38 bits per heavy atom. The first kappa shape index (κ1) is 22.7. The van der Waals surface area contributed by atoms with Crippen LogP contribution < -0.4 is 0 Å². The Morgan fingerprint density at radius 1 is 1.08 bits per heavy atom. The van der Waals surface area contributed by atoms with Gasteiger partial charge in [-0.3, -0.25) is 14.6 Å². The fraction of sp³-hybridized carbons (Fsp3) is 0.233. The smallest absolute Gasteiger partial charge is 0.316 e. The Hall–Kier alpha value is -4.75. The van der Waals surface area contributed by atoms with Crippen LogP contribution >= 0.6 is 0 Å². The standard InChI is InChI=1S/C30H21NO6/c1-15-13-22(37-2)18-11-5-3-4-6-12-20-25(15)30(18,29(35)36)19-14-21(32)23-24(26(19)31-20)28(34)17-10-8-7-9-16(17)27(23)33/h3-4,7-10,13,18-20,33-34H,14H2,1-2H3,(H,35,36)/b4-3-/t18-,19+,20+,30+/m1/s1. The van der Waals surface area contributed by atoms with E-state index in [1.807, 2.05) is 0 Å². The molecule has 4 aliphatic rings. The van der Waals surface area contributed by atoms with E-state index in [-0.39, 0.29) is 34.8 Å². The number of phenolic OH excluding ortho intramolecular Hbond substituents is 2. The molecule has 3 N–H and O–H groups in total. The summed E-state index contributed by atoms with van der Waals surface area (Å²) >= 11 is 0. The number of Topliss-reactive ketones (excluding diaryl/α,β-unsaturated/α-hetero) is 1. The van der Waals surface area contributed by atoms with Crippen LogP contribution in [0.25, 0.3) is 10.8 Å². The molecule has 1 aliphatic heterocycles. The molecule has 0 saturated heterocycles. The van der Waals surface area contributed by atoms with E-state index in [0.717, 1.165) is 0 Å². The molecular formula is C30H21NO6. The van der Waals surface area contributed by atoms with Gasteiger partial charge >= 0.3 is 5.97 Å². The summed E-state index contributed by atoms with van der Waals surface area (Å²) in [4.78, 5) is 32.0. The van der Waals surface area contributed by atoms with Crippen molar-refractivity contribution in [2.45, 2.75) is 19.4 Å². The highest BCUT2D eigenvalue weighted by Crippen LogP contribution is 2.59. The molecule has 3 aliphatic carbocycles. The van der Waals surface area contributed by atoms with Crippen molar-refractivity contribution < 1.29 is 29.6 Å². The second kappa shape index (κ2) is 7.88. The third kappa shape index (κ3) is 2.83. The minimum Gasteiger partial charge on any atom is -0.507 e. The largest absolute Gasteiger partial charge is 0.507 e. The van der Waals surface area contributed by atoms with Crippen LogP contribution in [0.1, 0.15) is 29.3 Å². The number of ether oxygens (including phenoxy) is 1. The van der Waals surface area contributed by atoms with Gasteiger partial charge in [-0.1, -0.05) is 47.9 Å². The number of phenols is 2. The molecule has 7 heteroatoms. The van der Waals surface area contributed by atoms with Gasteiger partial charge in [-0.15, -0.1) is 0 Å². The van der Waals surface area contributed by atoms with Crippen molar-refractivity contribution in [3.05, 3.63) is 70.5 Å². The number of rotatable bonds is 2. The van der Waals surface area contributed by atoms with E-state index in [1.54, 1.807) is 49.4 Å². The summed E-state index contributed by atoms with van der Waals surface area (Å²) in [7, 11) is 1.46. The number of methoxy groups -OCH3 is 1. The zero-order chi connectivity index (χ0) is 26.1. The molecule has 0 spiro atoms. The fourth-order valence-electron chi connectivity index (χ4n) is 6.32. The molecule has 0 aromatic heterocycles. The van der Waals surface area contributed by atoms with Gasteiger partial charge in [0.05, 0.1) is 29.9 Å². The minimum absolute atomic E-state index is 0.0504. The monoisotopic (exact) mass is 491 g/mol. The van der Waals surface area contributed by atoms with E-state index >= 15 is 0 Å². The molecule has 0 unspecified atom stereocenters. The van der Waals surface area contributed by atoms with Crippen LogP contribution in [0, 0.1) is 40.9 Å². The normalized spacial score (nSPS) is 27.8. The lowest BCUT2D eigenvalue weighted by molar-refractivity contribution is -0.151. The average molecular weight is 491 g/mol. The van der Waals surface area contributed by atoms with Crippen LogP contribution in [0.4, 0.5) is 0 Å². The quantitative estimate of drug-likeness (QED) is 0.435. The predicted molar refractivity (Wildman–Crippen MR) is 136 cm³/mol. The lowest BCUT2D eigenvalue weighted by Gasteiger charge is -2.50. The Morgan fingerprint density at radius 2 is 1.73 bits per heavy atom. The van der Waals surface area contributed by atoms with Gasteiger partial charge in [-0.2, -0.15) is 0 Å². The Balaban J connectivity index is 1.78. The van der Waals surface area contributed by atoms with Crippen LogP contribution in [0.2, 0.25) is 0 Å². The number of carbonyl (C=O) groups is 2. The maximum Gasteiger partial charge on any atom is 0.316 e. The van der Waals surface area contributed by atoms with Gasteiger partial charge < -0.3 is 20.1 Å². The molecule has 0 fully saturated rings. The molecule has 4 bridgehead atoms. The number of nitrogens with zero attached hydrogens (tertiary/aromatic N) is 1. The first-order chi connectivity index (χ1) is 17.8. The van der Waals surface area contributed by atoms with Gasteiger partial charge in [-0.05, 0) is 36.3 Å². The molecule has 6 rings (SSSR count). The molecule has 2 aromatic carbocycles. The number of carbonyl (C=O) groups excluding carboxylic acids is 1. The van der Waals surface area contributed by atoms with Gasteiger partial charge in [0.1, 0.15) is 28.7 Å². The summed E-state index contributed by atoms with van der Waals surface area (Å²) in [5, 5.41) is 34.2. The maximum absolute atomic E-state index is 13.7. The predicted octanol–water partition coefficient (Wildman–Crippen LogP) is 3.75. The van der Waals surface area contributed by atoms with E-state index < -0.39 is 35.0 Å². The van der Waals surface area contributed by atoms with Gasteiger partial charge in [0.25, 0.3) is 0 Å². The second-order valence-electron chi connectivity index (χ2n) is 9.45. The molecule has 0 radical (unpaired) electrons. The molecule has 0 amide bonds. The molecule has 1 heterocycles. The number of hydrogen-bond donors (Lipinski definition) is 3. The first-order valence-corrected chi connectivity index (χ1v) is 11.8. The minimum atomic E-state index is -1.74. The SMILES string of the molecule is COC1=CC(C)=C2[C@@H]3C#C/C=C\C#C[C@H]1[C@]2(C(=O)O)[C@H]1CC(=O)c2c(c(O)c4ccccc4c2O)C1=N3. The molecule has 37 heavy (non-hydrogen) atoms.